The number of aryl methyl sites for hydroxylation is 1. The van der Waals surface area contributed by atoms with Crippen LogP contribution < -0.4 is 0 Å². The van der Waals surface area contributed by atoms with E-state index in [9.17, 15) is 4.39 Å². The maximum Gasteiger partial charge on any atom is 0.178 e. The fourth-order valence-electron chi connectivity index (χ4n) is 0.859. The van der Waals surface area contributed by atoms with Crippen LogP contribution in [0.15, 0.2) is 17.3 Å². The summed E-state index contributed by atoms with van der Waals surface area (Å²) in [6.07, 6.45) is 0. The number of hydrogen-bond donors (Lipinski definition) is 1. The first-order valence-corrected chi connectivity index (χ1v) is 4.16. The zero-order valence-electron chi connectivity index (χ0n) is 6.68. The van der Waals surface area contributed by atoms with Crippen LogP contribution in [0.4, 0.5) is 4.39 Å². The highest BCUT2D eigenvalue weighted by atomic mass is 35.5. The molecule has 0 aliphatic rings. The molecule has 0 atom stereocenters. The smallest absolute Gasteiger partial charge is 0.178 e. The van der Waals surface area contributed by atoms with Gasteiger partial charge in [-0.1, -0.05) is 34.4 Å². The van der Waals surface area contributed by atoms with Crippen molar-refractivity contribution in [3.8, 4) is 0 Å². The van der Waals surface area contributed by atoms with Gasteiger partial charge in [0.1, 0.15) is 0 Å². The largest absolute Gasteiger partial charge is 0.410 e. The van der Waals surface area contributed by atoms with Gasteiger partial charge in [0.25, 0.3) is 0 Å². The van der Waals surface area contributed by atoms with Crippen molar-refractivity contribution >= 4 is 28.4 Å². The Morgan fingerprint density at radius 1 is 1.54 bits per heavy atom. The second-order valence-corrected chi connectivity index (χ2v) is 3.18. The van der Waals surface area contributed by atoms with Crippen LogP contribution in [-0.4, -0.2) is 10.4 Å². The van der Waals surface area contributed by atoms with E-state index in [4.69, 9.17) is 28.4 Å². The first kappa shape index (κ1) is 10.3. The summed E-state index contributed by atoms with van der Waals surface area (Å²) in [4.78, 5) is 0. The molecule has 0 saturated carbocycles. The zero-order chi connectivity index (χ0) is 10.0. The molecule has 0 amide bonds. The van der Waals surface area contributed by atoms with E-state index in [1.54, 1.807) is 13.0 Å². The number of benzene rings is 1. The Morgan fingerprint density at radius 3 is 2.69 bits per heavy atom. The molecule has 0 heterocycles. The van der Waals surface area contributed by atoms with Crippen molar-refractivity contribution in [3.05, 3.63) is 34.1 Å². The maximum atomic E-state index is 13.3. The molecule has 1 N–H and O–H groups in total. The molecule has 0 unspecified atom stereocenters. The molecule has 0 fully saturated rings. The lowest BCUT2D eigenvalue weighted by atomic mass is 10.1. The number of oxime groups is 1. The van der Waals surface area contributed by atoms with Gasteiger partial charge >= 0.3 is 0 Å². The van der Waals surface area contributed by atoms with Crippen molar-refractivity contribution in [2.24, 2.45) is 5.16 Å². The van der Waals surface area contributed by atoms with E-state index in [2.05, 4.69) is 5.16 Å². The summed E-state index contributed by atoms with van der Waals surface area (Å²) in [6, 6.07) is 2.99. The highest BCUT2D eigenvalue weighted by Gasteiger charge is 2.12. The molecule has 13 heavy (non-hydrogen) atoms. The Balaban J connectivity index is 3.34. The Hall–Kier alpha value is -0.800. The topological polar surface area (TPSA) is 32.6 Å². The minimum absolute atomic E-state index is 0.0141. The highest BCUT2D eigenvalue weighted by Crippen LogP contribution is 2.23. The molecule has 0 spiro atoms. The fourth-order valence-corrected chi connectivity index (χ4v) is 1.17. The van der Waals surface area contributed by atoms with E-state index in [1.165, 1.54) is 6.07 Å². The van der Waals surface area contributed by atoms with Gasteiger partial charge in [-0.15, -0.1) is 0 Å². The molecule has 70 valence electrons. The van der Waals surface area contributed by atoms with Crippen molar-refractivity contribution in [2.45, 2.75) is 6.92 Å². The predicted octanol–water partition coefficient (Wildman–Crippen LogP) is 3.16. The van der Waals surface area contributed by atoms with Crippen molar-refractivity contribution in [1.82, 2.24) is 0 Å². The van der Waals surface area contributed by atoms with Crippen LogP contribution in [0.2, 0.25) is 5.02 Å². The molecule has 0 radical (unpaired) electrons. The molecule has 1 rings (SSSR count). The van der Waals surface area contributed by atoms with Gasteiger partial charge in [0.15, 0.2) is 11.0 Å². The third-order valence-electron chi connectivity index (χ3n) is 1.59. The summed E-state index contributed by atoms with van der Waals surface area (Å²) >= 11 is 11.0. The van der Waals surface area contributed by atoms with Crippen molar-refractivity contribution in [2.75, 3.05) is 0 Å². The van der Waals surface area contributed by atoms with Gasteiger partial charge in [0, 0.05) is 0 Å². The minimum Gasteiger partial charge on any atom is -0.410 e. The average Bonchev–Trinajstić information content (AvgIpc) is 2.13. The van der Waals surface area contributed by atoms with Crippen LogP contribution in [-0.2, 0) is 0 Å². The molecular formula is C8H6Cl2FNO. The number of halogens is 3. The van der Waals surface area contributed by atoms with Crippen LogP contribution in [0, 0.1) is 12.7 Å². The maximum absolute atomic E-state index is 13.3. The molecule has 0 aromatic heterocycles. The first-order valence-electron chi connectivity index (χ1n) is 3.40. The van der Waals surface area contributed by atoms with Crippen LogP contribution in [0.3, 0.4) is 0 Å². The molecule has 5 heteroatoms. The zero-order valence-corrected chi connectivity index (χ0v) is 8.19. The van der Waals surface area contributed by atoms with Crippen molar-refractivity contribution < 1.29 is 9.60 Å². The van der Waals surface area contributed by atoms with Crippen LogP contribution in [0.25, 0.3) is 0 Å². The van der Waals surface area contributed by atoms with Gasteiger partial charge in [-0.2, -0.15) is 0 Å². The van der Waals surface area contributed by atoms with E-state index in [0.29, 0.717) is 5.56 Å². The third-order valence-corrected chi connectivity index (χ3v) is 2.33. The highest BCUT2D eigenvalue weighted by molar-refractivity contribution is 6.69. The number of hydrogen-bond acceptors (Lipinski definition) is 2. The summed E-state index contributed by atoms with van der Waals surface area (Å²) in [5, 5.41) is 10.7. The Labute approximate surface area is 84.6 Å². The van der Waals surface area contributed by atoms with Crippen LogP contribution >= 0.6 is 23.2 Å². The number of rotatable bonds is 1. The van der Waals surface area contributed by atoms with Gasteiger partial charge in [-0.25, -0.2) is 4.39 Å². The lowest BCUT2D eigenvalue weighted by Crippen LogP contribution is -1.97. The predicted molar refractivity (Wildman–Crippen MR) is 50.3 cm³/mol. The van der Waals surface area contributed by atoms with Gasteiger partial charge in [0.05, 0.1) is 10.6 Å². The van der Waals surface area contributed by atoms with E-state index in [1.807, 2.05) is 0 Å². The van der Waals surface area contributed by atoms with Crippen molar-refractivity contribution in [3.63, 3.8) is 0 Å². The summed E-state index contributed by atoms with van der Waals surface area (Å²) < 4.78 is 13.3. The van der Waals surface area contributed by atoms with Gasteiger partial charge < -0.3 is 5.21 Å². The lowest BCUT2D eigenvalue weighted by molar-refractivity contribution is 0.320. The monoisotopic (exact) mass is 221 g/mol. The standard InChI is InChI=1S/C8H6Cl2FNO/c1-4-2-3-5(8(10)12-13)7(11)6(4)9/h2-3,13H,1H3. The molecule has 1 aromatic rings. The van der Waals surface area contributed by atoms with E-state index in [-0.39, 0.29) is 15.8 Å². The molecule has 1 aromatic carbocycles. The lowest BCUT2D eigenvalue weighted by Gasteiger charge is -2.03. The van der Waals surface area contributed by atoms with Gasteiger partial charge in [-0.05, 0) is 18.6 Å². The third kappa shape index (κ3) is 1.92. The second-order valence-electron chi connectivity index (χ2n) is 2.45. The Bertz CT molecular complexity index is 365. The fraction of sp³-hybridized carbons (Fsp3) is 0.125. The number of nitrogens with zero attached hydrogens (tertiary/aromatic N) is 1. The summed E-state index contributed by atoms with van der Waals surface area (Å²) in [5.41, 5.74) is 0.588. The SMILES string of the molecule is Cc1ccc(C(Cl)=NO)c(F)c1Cl. The molecule has 2 nitrogen and oxygen atoms in total. The summed E-state index contributed by atoms with van der Waals surface area (Å²) in [7, 11) is 0. The quantitative estimate of drug-likeness (QED) is 0.441. The molecule has 0 aliphatic carbocycles. The average molecular weight is 222 g/mol. The minimum atomic E-state index is -0.676. The van der Waals surface area contributed by atoms with Crippen molar-refractivity contribution in [1.29, 1.82) is 0 Å². The molecule has 0 aliphatic heterocycles. The molecule has 0 saturated heterocycles. The van der Waals surface area contributed by atoms with E-state index < -0.39 is 5.82 Å². The normalized spacial score (nSPS) is 11.8. The molecule has 0 bridgehead atoms. The summed E-state index contributed by atoms with van der Waals surface area (Å²) in [5.74, 6) is -0.676. The van der Waals surface area contributed by atoms with E-state index in [0.717, 1.165) is 0 Å². The van der Waals surface area contributed by atoms with Gasteiger partial charge in [0.2, 0.25) is 0 Å². The Kier molecular flexibility index (Phi) is 3.12. The van der Waals surface area contributed by atoms with Crippen LogP contribution in [0.1, 0.15) is 11.1 Å². The first-order chi connectivity index (χ1) is 6.07. The summed E-state index contributed by atoms with van der Waals surface area (Å²) in [6.45, 7) is 1.67. The Morgan fingerprint density at radius 2 is 2.15 bits per heavy atom. The van der Waals surface area contributed by atoms with Gasteiger partial charge in [-0.3, -0.25) is 0 Å². The molecular weight excluding hydrogens is 216 g/mol. The second kappa shape index (κ2) is 3.94. The van der Waals surface area contributed by atoms with E-state index >= 15 is 0 Å². The van der Waals surface area contributed by atoms with Crippen LogP contribution in [0.5, 0.6) is 0 Å².